The van der Waals surface area contributed by atoms with Gasteiger partial charge in [-0.2, -0.15) is 0 Å². The van der Waals surface area contributed by atoms with E-state index in [2.05, 4.69) is 10.9 Å². The number of furan rings is 1. The van der Waals surface area contributed by atoms with Crippen molar-refractivity contribution in [2.75, 3.05) is 0 Å². The SMILES string of the molecule is Cc1ccc(/C=C/C(=O)NNC(=O)c2cc(Cl)ccc2Cl)o1. The molecule has 22 heavy (non-hydrogen) atoms. The maximum atomic E-state index is 11.9. The lowest BCUT2D eigenvalue weighted by molar-refractivity contribution is -0.117. The van der Waals surface area contributed by atoms with Crippen LogP contribution < -0.4 is 10.9 Å². The van der Waals surface area contributed by atoms with Crippen LogP contribution in [0.25, 0.3) is 6.08 Å². The minimum absolute atomic E-state index is 0.167. The number of aryl methyl sites for hydroxylation is 1. The van der Waals surface area contributed by atoms with Crippen LogP contribution >= 0.6 is 23.2 Å². The van der Waals surface area contributed by atoms with E-state index in [1.807, 2.05) is 0 Å². The molecule has 2 N–H and O–H groups in total. The zero-order valence-electron chi connectivity index (χ0n) is 11.5. The Balaban J connectivity index is 1.92. The van der Waals surface area contributed by atoms with E-state index in [1.165, 1.54) is 24.3 Å². The monoisotopic (exact) mass is 338 g/mol. The van der Waals surface area contributed by atoms with Gasteiger partial charge < -0.3 is 4.42 Å². The summed E-state index contributed by atoms with van der Waals surface area (Å²) in [5.41, 5.74) is 4.65. The molecule has 1 heterocycles. The third kappa shape index (κ3) is 4.38. The second-order valence-corrected chi connectivity index (χ2v) is 5.19. The molecule has 2 rings (SSSR count). The molecule has 0 saturated heterocycles. The summed E-state index contributed by atoms with van der Waals surface area (Å²) in [6.07, 6.45) is 2.72. The Morgan fingerprint density at radius 3 is 2.59 bits per heavy atom. The van der Waals surface area contributed by atoms with E-state index in [9.17, 15) is 9.59 Å². The Labute approximate surface area is 136 Å². The molecule has 2 aromatic rings. The molecular formula is C15H12Cl2N2O3. The normalized spacial score (nSPS) is 10.7. The number of benzene rings is 1. The average Bonchev–Trinajstić information content (AvgIpc) is 2.90. The van der Waals surface area contributed by atoms with Gasteiger partial charge in [0.15, 0.2) is 0 Å². The lowest BCUT2D eigenvalue weighted by atomic mass is 10.2. The summed E-state index contributed by atoms with van der Waals surface area (Å²) >= 11 is 11.7. The largest absolute Gasteiger partial charge is 0.462 e. The Hall–Kier alpha value is -2.24. The molecule has 114 valence electrons. The maximum absolute atomic E-state index is 11.9. The highest BCUT2D eigenvalue weighted by atomic mass is 35.5. The van der Waals surface area contributed by atoms with E-state index in [4.69, 9.17) is 27.6 Å². The van der Waals surface area contributed by atoms with Crippen molar-refractivity contribution in [1.82, 2.24) is 10.9 Å². The van der Waals surface area contributed by atoms with Gasteiger partial charge in [-0.15, -0.1) is 0 Å². The fraction of sp³-hybridized carbons (Fsp3) is 0.0667. The fourth-order valence-electron chi connectivity index (χ4n) is 1.60. The van der Waals surface area contributed by atoms with Gasteiger partial charge in [-0.25, -0.2) is 0 Å². The number of nitrogens with one attached hydrogen (secondary N) is 2. The van der Waals surface area contributed by atoms with Gasteiger partial charge in [0.05, 0.1) is 10.6 Å². The number of carbonyl (C=O) groups excluding carboxylic acids is 2. The summed E-state index contributed by atoms with van der Waals surface area (Å²) in [4.78, 5) is 23.5. The molecule has 0 spiro atoms. The Bertz CT molecular complexity index is 738. The van der Waals surface area contributed by atoms with E-state index < -0.39 is 11.8 Å². The van der Waals surface area contributed by atoms with Crippen LogP contribution in [0.3, 0.4) is 0 Å². The zero-order valence-corrected chi connectivity index (χ0v) is 13.0. The van der Waals surface area contributed by atoms with E-state index in [-0.39, 0.29) is 10.6 Å². The molecule has 0 aliphatic rings. The van der Waals surface area contributed by atoms with Crippen LogP contribution in [0.1, 0.15) is 21.9 Å². The average molecular weight is 339 g/mol. The number of carbonyl (C=O) groups is 2. The third-order valence-electron chi connectivity index (χ3n) is 2.63. The number of amides is 2. The van der Waals surface area contributed by atoms with Gasteiger partial charge in [0.1, 0.15) is 11.5 Å². The van der Waals surface area contributed by atoms with Crippen molar-refractivity contribution < 1.29 is 14.0 Å². The van der Waals surface area contributed by atoms with Crippen molar-refractivity contribution in [2.45, 2.75) is 6.92 Å². The third-order valence-corrected chi connectivity index (χ3v) is 3.20. The molecule has 0 bridgehead atoms. The van der Waals surface area contributed by atoms with Crippen molar-refractivity contribution in [3.8, 4) is 0 Å². The minimum Gasteiger partial charge on any atom is -0.462 e. The first-order valence-corrected chi connectivity index (χ1v) is 7.01. The quantitative estimate of drug-likeness (QED) is 0.665. The summed E-state index contributed by atoms with van der Waals surface area (Å²) in [6.45, 7) is 1.80. The van der Waals surface area contributed by atoms with Gasteiger partial charge in [0.25, 0.3) is 11.8 Å². The van der Waals surface area contributed by atoms with Gasteiger partial charge in [-0.05, 0) is 43.3 Å². The summed E-state index contributed by atoms with van der Waals surface area (Å²) in [6, 6.07) is 7.98. The molecule has 0 fully saturated rings. The first kappa shape index (κ1) is 16.1. The molecule has 0 unspecified atom stereocenters. The second-order valence-electron chi connectivity index (χ2n) is 4.35. The summed E-state index contributed by atoms with van der Waals surface area (Å²) in [5.74, 6) is 0.199. The smallest absolute Gasteiger partial charge is 0.271 e. The first-order valence-electron chi connectivity index (χ1n) is 6.25. The van der Waals surface area contributed by atoms with Crippen molar-refractivity contribution >= 4 is 41.1 Å². The standard InChI is InChI=1S/C15H12Cl2N2O3/c1-9-2-4-11(22-9)5-7-14(20)18-19-15(21)12-8-10(16)3-6-13(12)17/h2-8H,1H3,(H,18,20)(H,19,21)/b7-5+. The van der Waals surface area contributed by atoms with Crippen LogP contribution in [-0.4, -0.2) is 11.8 Å². The molecule has 0 aliphatic carbocycles. The molecule has 1 aromatic carbocycles. The Kier molecular flexibility index (Phi) is 5.25. The van der Waals surface area contributed by atoms with Crippen molar-refractivity contribution in [3.63, 3.8) is 0 Å². The predicted molar refractivity (Wildman–Crippen MR) is 84.5 cm³/mol. The second kappa shape index (κ2) is 7.15. The molecule has 2 amide bonds. The van der Waals surface area contributed by atoms with E-state index in [0.29, 0.717) is 10.8 Å². The number of hydrazine groups is 1. The van der Waals surface area contributed by atoms with E-state index in [1.54, 1.807) is 25.1 Å². The molecule has 7 heteroatoms. The number of rotatable bonds is 3. The number of halogens is 2. The van der Waals surface area contributed by atoms with E-state index in [0.717, 1.165) is 5.76 Å². The van der Waals surface area contributed by atoms with E-state index >= 15 is 0 Å². The maximum Gasteiger partial charge on any atom is 0.271 e. The van der Waals surface area contributed by atoms with Crippen LogP contribution in [0.4, 0.5) is 0 Å². The first-order chi connectivity index (χ1) is 10.5. The van der Waals surface area contributed by atoms with Crippen LogP contribution in [-0.2, 0) is 4.79 Å². The van der Waals surface area contributed by atoms with Crippen molar-refractivity contribution in [3.05, 3.63) is 63.5 Å². The molecule has 0 saturated carbocycles. The van der Waals surface area contributed by atoms with Gasteiger partial charge in [0, 0.05) is 11.1 Å². The summed E-state index contributed by atoms with van der Waals surface area (Å²) < 4.78 is 5.27. The molecule has 5 nitrogen and oxygen atoms in total. The highest BCUT2D eigenvalue weighted by molar-refractivity contribution is 6.35. The Morgan fingerprint density at radius 1 is 1.14 bits per heavy atom. The highest BCUT2D eigenvalue weighted by Gasteiger charge is 2.11. The van der Waals surface area contributed by atoms with Gasteiger partial charge in [-0.3, -0.25) is 20.4 Å². The molecule has 0 radical (unpaired) electrons. The number of hydrogen-bond acceptors (Lipinski definition) is 3. The summed E-state index contributed by atoms with van der Waals surface area (Å²) in [5, 5.41) is 0.603. The highest BCUT2D eigenvalue weighted by Crippen LogP contribution is 2.20. The van der Waals surface area contributed by atoms with Crippen molar-refractivity contribution in [1.29, 1.82) is 0 Å². The van der Waals surface area contributed by atoms with Crippen LogP contribution in [0, 0.1) is 6.92 Å². The van der Waals surface area contributed by atoms with Crippen LogP contribution in [0.2, 0.25) is 10.0 Å². The Morgan fingerprint density at radius 2 is 1.91 bits per heavy atom. The molecule has 1 aromatic heterocycles. The molecule has 0 aliphatic heterocycles. The number of hydrogen-bond donors (Lipinski definition) is 2. The lowest BCUT2D eigenvalue weighted by Gasteiger charge is -2.07. The lowest BCUT2D eigenvalue weighted by Crippen LogP contribution is -2.40. The topological polar surface area (TPSA) is 71.3 Å². The van der Waals surface area contributed by atoms with Gasteiger partial charge in [0.2, 0.25) is 0 Å². The predicted octanol–water partition coefficient (Wildman–Crippen LogP) is 3.37. The molecule has 0 atom stereocenters. The zero-order chi connectivity index (χ0) is 16.1. The summed E-state index contributed by atoms with van der Waals surface area (Å²) in [7, 11) is 0. The minimum atomic E-state index is -0.567. The van der Waals surface area contributed by atoms with Crippen LogP contribution in [0.15, 0.2) is 40.8 Å². The van der Waals surface area contributed by atoms with Gasteiger partial charge >= 0.3 is 0 Å². The van der Waals surface area contributed by atoms with Crippen LogP contribution in [0.5, 0.6) is 0 Å². The fourth-order valence-corrected chi connectivity index (χ4v) is 1.98. The van der Waals surface area contributed by atoms with Gasteiger partial charge in [-0.1, -0.05) is 23.2 Å². The molecular weight excluding hydrogens is 327 g/mol. The van der Waals surface area contributed by atoms with Crippen molar-refractivity contribution in [2.24, 2.45) is 0 Å².